The van der Waals surface area contributed by atoms with E-state index >= 15 is 0 Å². The Morgan fingerprint density at radius 3 is 2.75 bits per heavy atom. The Hall–Kier alpha value is -2.05. The molecule has 3 rings (SSSR count). The summed E-state index contributed by atoms with van der Waals surface area (Å²) in [5, 5.41) is 16.2. The fraction of sp³-hybridized carbons (Fsp3) is 0.214. The second-order valence-electron chi connectivity index (χ2n) is 4.65. The maximum Gasteiger partial charge on any atom is 0.170 e. The number of benzene rings is 1. The summed E-state index contributed by atoms with van der Waals surface area (Å²) in [5.74, 6) is 0.842. The number of tetrazole rings is 1. The number of para-hydroxylation sites is 1. The van der Waals surface area contributed by atoms with Gasteiger partial charge >= 0.3 is 0 Å². The first kappa shape index (κ1) is 13.0. The highest BCUT2D eigenvalue weighted by atomic mass is 32.1. The zero-order valence-electron chi connectivity index (χ0n) is 11.2. The van der Waals surface area contributed by atoms with E-state index in [0.29, 0.717) is 6.54 Å². The Morgan fingerprint density at radius 2 is 2.00 bits per heavy atom. The van der Waals surface area contributed by atoms with Crippen molar-refractivity contribution in [3.05, 3.63) is 58.5 Å². The molecule has 6 heteroatoms. The lowest BCUT2D eigenvalue weighted by molar-refractivity contribution is 0.308. The van der Waals surface area contributed by atoms with Crippen LogP contribution in [0.1, 0.15) is 11.4 Å². The molecule has 0 bridgehead atoms. The highest BCUT2D eigenvalue weighted by Gasteiger charge is 2.11. The van der Waals surface area contributed by atoms with Gasteiger partial charge in [-0.2, -0.15) is 16.0 Å². The number of hydrogen-bond donors (Lipinski definition) is 0. The zero-order valence-corrected chi connectivity index (χ0v) is 12.0. The molecular formula is C14H15N5S. The Labute approximate surface area is 121 Å². The predicted octanol–water partition coefficient (Wildman–Crippen LogP) is 2.36. The largest absolute Gasteiger partial charge is 0.295 e. The molecule has 0 radical (unpaired) electrons. The summed E-state index contributed by atoms with van der Waals surface area (Å²) in [6.45, 7) is 1.60. The molecule has 0 amide bonds. The van der Waals surface area contributed by atoms with E-state index in [4.69, 9.17) is 0 Å². The average molecular weight is 285 g/mol. The van der Waals surface area contributed by atoms with E-state index in [1.807, 2.05) is 30.3 Å². The maximum atomic E-state index is 4.12. The van der Waals surface area contributed by atoms with Crippen LogP contribution in [0.15, 0.2) is 47.2 Å². The number of nitrogens with zero attached hydrogens (tertiary/aromatic N) is 5. The normalized spacial score (nSPS) is 11.1. The molecule has 5 nitrogen and oxygen atoms in total. The average Bonchev–Trinajstić information content (AvgIpc) is 3.11. The van der Waals surface area contributed by atoms with Crippen LogP contribution in [0.25, 0.3) is 5.69 Å². The minimum atomic E-state index is 0.706. The summed E-state index contributed by atoms with van der Waals surface area (Å²) < 4.78 is 1.78. The molecule has 3 aromatic rings. The molecule has 0 aliphatic carbocycles. The zero-order chi connectivity index (χ0) is 13.8. The fourth-order valence-electron chi connectivity index (χ4n) is 2.07. The van der Waals surface area contributed by atoms with E-state index in [9.17, 15) is 0 Å². The summed E-state index contributed by atoms with van der Waals surface area (Å²) in [6, 6.07) is 12.1. The molecule has 0 saturated heterocycles. The van der Waals surface area contributed by atoms with E-state index in [2.05, 4.69) is 44.3 Å². The Bertz CT molecular complexity index is 647. The minimum Gasteiger partial charge on any atom is -0.295 e. The predicted molar refractivity (Wildman–Crippen MR) is 78.6 cm³/mol. The molecular weight excluding hydrogens is 270 g/mol. The third-order valence-electron chi connectivity index (χ3n) is 2.98. The molecule has 0 fully saturated rings. The summed E-state index contributed by atoms with van der Waals surface area (Å²) in [4.78, 5) is 2.20. The van der Waals surface area contributed by atoms with Crippen molar-refractivity contribution >= 4 is 11.3 Å². The molecule has 0 aliphatic heterocycles. The lowest BCUT2D eigenvalue weighted by atomic mass is 10.3. The molecule has 102 valence electrons. The number of rotatable bonds is 5. The van der Waals surface area contributed by atoms with Gasteiger partial charge in [0.2, 0.25) is 0 Å². The van der Waals surface area contributed by atoms with E-state index in [-0.39, 0.29) is 0 Å². The number of hydrogen-bond acceptors (Lipinski definition) is 5. The van der Waals surface area contributed by atoms with Crippen LogP contribution in [0, 0.1) is 0 Å². The van der Waals surface area contributed by atoms with Gasteiger partial charge in [0.1, 0.15) is 0 Å². The molecule has 2 aromatic heterocycles. The van der Waals surface area contributed by atoms with E-state index in [1.165, 1.54) is 5.56 Å². The third kappa shape index (κ3) is 2.92. The molecule has 0 spiro atoms. The van der Waals surface area contributed by atoms with Gasteiger partial charge in [-0.25, -0.2) is 0 Å². The first-order valence-electron chi connectivity index (χ1n) is 6.35. The smallest absolute Gasteiger partial charge is 0.170 e. The van der Waals surface area contributed by atoms with Gasteiger partial charge in [-0.1, -0.05) is 18.2 Å². The van der Waals surface area contributed by atoms with Gasteiger partial charge in [-0.15, -0.1) is 5.10 Å². The first-order chi connectivity index (χ1) is 9.83. The Morgan fingerprint density at radius 1 is 1.15 bits per heavy atom. The lowest BCUT2D eigenvalue weighted by Crippen LogP contribution is -2.19. The summed E-state index contributed by atoms with van der Waals surface area (Å²) >= 11 is 1.72. The van der Waals surface area contributed by atoms with Gasteiger partial charge in [0.15, 0.2) is 5.82 Å². The van der Waals surface area contributed by atoms with Crippen LogP contribution in [0.3, 0.4) is 0 Å². The lowest BCUT2D eigenvalue weighted by Gasteiger charge is -2.15. The van der Waals surface area contributed by atoms with Gasteiger partial charge < -0.3 is 0 Å². The molecule has 1 aromatic carbocycles. The van der Waals surface area contributed by atoms with Gasteiger partial charge in [0.05, 0.1) is 12.2 Å². The van der Waals surface area contributed by atoms with Crippen LogP contribution in [0.5, 0.6) is 0 Å². The monoisotopic (exact) mass is 285 g/mol. The van der Waals surface area contributed by atoms with Crippen molar-refractivity contribution in [1.29, 1.82) is 0 Å². The van der Waals surface area contributed by atoms with Crippen LogP contribution >= 0.6 is 11.3 Å². The van der Waals surface area contributed by atoms with Crippen LogP contribution in [0.2, 0.25) is 0 Å². The molecule has 0 unspecified atom stereocenters. The van der Waals surface area contributed by atoms with Gasteiger partial charge in [0.25, 0.3) is 0 Å². The Balaban J connectivity index is 1.74. The van der Waals surface area contributed by atoms with Gasteiger partial charge in [0, 0.05) is 6.54 Å². The number of aromatic nitrogens is 4. The van der Waals surface area contributed by atoms with Gasteiger partial charge in [-0.05, 0) is 52.0 Å². The van der Waals surface area contributed by atoms with Crippen molar-refractivity contribution in [2.75, 3.05) is 7.05 Å². The maximum absolute atomic E-state index is 4.12. The third-order valence-corrected chi connectivity index (χ3v) is 3.71. The highest BCUT2D eigenvalue weighted by molar-refractivity contribution is 7.07. The van der Waals surface area contributed by atoms with Crippen LogP contribution in [-0.4, -0.2) is 32.2 Å². The standard InChI is InChI=1S/C14H15N5S/c1-18(9-12-7-8-20-11-12)10-14-15-16-17-19(14)13-5-3-2-4-6-13/h2-8,11H,9-10H2,1H3. The second-order valence-corrected chi connectivity index (χ2v) is 5.43. The van der Waals surface area contributed by atoms with E-state index in [1.54, 1.807) is 16.0 Å². The van der Waals surface area contributed by atoms with Crippen molar-refractivity contribution in [3.8, 4) is 5.69 Å². The summed E-state index contributed by atoms with van der Waals surface area (Å²) in [6.07, 6.45) is 0. The van der Waals surface area contributed by atoms with Gasteiger partial charge in [-0.3, -0.25) is 4.90 Å². The number of thiophene rings is 1. The fourth-order valence-corrected chi connectivity index (χ4v) is 2.73. The second kappa shape index (κ2) is 5.94. The van der Waals surface area contributed by atoms with Crippen molar-refractivity contribution in [1.82, 2.24) is 25.1 Å². The molecule has 0 aliphatic rings. The van der Waals surface area contributed by atoms with Crippen molar-refractivity contribution in [3.63, 3.8) is 0 Å². The molecule has 0 saturated carbocycles. The first-order valence-corrected chi connectivity index (χ1v) is 7.29. The summed E-state index contributed by atoms with van der Waals surface area (Å²) in [7, 11) is 2.07. The van der Waals surface area contributed by atoms with Crippen LogP contribution < -0.4 is 0 Å². The van der Waals surface area contributed by atoms with Crippen molar-refractivity contribution in [2.24, 2.45) is 0 Å². The van der Waals surface area contributed by atoms with Crippen molar-refractivity contribution in [2.45, 2.75) is 13.1 Å². The van der Waals surface area contributed by atoms with Crippen molar-refractivity contribution < 1.29 is 0 Å². The molecule has 0 N–H and O–H groups in total. The topological polar surface area (TPSA) is 46.8 Å². The molecule has 0 atom stereocenters. The van der Waals surface area contributed by atoms with Crippen LogP contribution in [-0.2, 0) is 13.1 Å². The summed E-state index contributed by atoms with van der Waals surface area (Å²) in [5.41, 5.74) is 2.30. The molecule has 2 heterocycles. The SMILES string of the molecule is CN(Cc1ccsc1)Cc1nnnn1-c1ccccc1. The quantitative estimate of drug-likeness (QED) is 0.722. The molecule has 20 heavy (non-hydrogen) atoms. The highest BCUT2D eigenvalue weighted by Crippen LogP contribution is 2.12. The van der Waals surface area contributed by atoms with Crippen LogP contribution in [0.4, 0.5) is 0 Å². The van der Waals surface area contributed by atoms with E-state index in [0.717, 1.165) is 18.1 Å². The Kier molecular flexibility index (Phi) is 3.85. The minimum absolute atomic E-state index is 0.706. The van der Waals surface area contributed by atoms with E-state index < -0.39 is 0 Å².